The molecule has 4 unspecified atom stereocenters. The smallest absolute Gasteiger partial charge is 0.317 e. The number of hydrogen-bond donors (Lipinski definition) is 7. The number of aliphatic hydroxyl groups is 2. The molecule has 0 radical (unpaired) electrons. The lowest BCUT2D eigenvalue weighted by Gasteiger charge is -2.40. The lowest BCUT2D eigenvalue weighted by Crippen LogP contribution is -2.53. The first-order valence-corrected chi connectivity index (χ1v) is 19.3. The molecule has 16 nitrogen and oxygen atoms in total. The van der Waals surface area contributed by atoms with Gasteiger partial charge >= 0.3 is 18.0 Å². The number of nitrogens with one attached hydrogen (secondary N) is 3. The third-order valence-corrected chi connectivity index (χ3v) is 12.0. The summed E-state index contributed by atoms with van der Waals surface area (Å²) in [6.07, 6.45) is 8.06. The summed E-state index contributed by atoms with van der Waals surface area (Å²) in [5, 5.41) is 48.7. The van der Waals surface area contributed by atoms with Crippen molar-refractivity contribution in [1.29, 1.82) is 0 Å². The molecule has 0 aromatic carbocycles. The molecular weight excluding hydrogens is 670 g/mol. The fourth-order valence-electron chi connectivity index (χ4n) is 7.70. The molecule has 0 bridgehead atoms. The van der Waals surface area contributed by atoms with Crippen LogP contribution in [0.15, 0.2) is 0 Å². The maximum Gasteiger partial charge on any atom is 0.317 e. The normalized spacial score (nSPS) is 29.4. The molecule has 1 aliphatic carbocycles. The summed E-state index contributed by atoms with van der Waals surface area (Å²) in [6.45, 7) is 2.90. The Morgan fingerprint density at radius 2 is 1.50 bits per heavy atom. The highest BCUT2D eigenvalue weighted by molar-refractivity contribution is 8.00. The molecule has 4 rings (SSSR count). The Morgan fingerprint density at radius 1 is 0.840 bits per heavy atom. The average Bonchev–Trinajstić information content (AvgIpc) is 3.63. The zero-order valence-electron chi connectivity index (χ0n) is 29.3. The maximum absolute atomic E-state index is 12.6. The average molecular weight is 730 g/mol. The van der Waals surface area contributed by atoms with Crippen molar-refractivity contribution < 1.29 is 44.3 Å². The van der Waals surface area contributed by atoms with Crippen LogP contribution in [0.5, 0.6) is 0 Å². The van der Waals surface area contributed by atoms with Gasteiger partial charge in [-0.1, -0.05) is 12.8 Å². The van der Waals surface area contributed by atoms with Gasteiger partial charge in [-0.25, -0.2) is 4.79 Å². The number of aliphatic carboxylic acids is 2. The number of thioether (sulfide) groups is 1. The summed E-state index contributed by atoms with van der Waals surface area (Å²) in [5.41, 5.74) is 0. The molecule has 7 N–H and O–H groups in total. The number of unbranched alkanes of at least 4 members (excludes halogenated alkanes) is 2. The molecule has 17 heteroatoms. The van der Waals surface area contributed by atoms with Crippen molar-refractivity contribution >= 4 is 35.6 Å². The number of ether oxygens (including phenoxy) is 1. The van der Waals surface area contributed by atoms with Gasteiger partial charge in [0.2, 0.25) is 5.91 Å². The van der Waals surface area contributed by atoms with Crippen molar-refractivity contribution in [3.8, 4) is 0 Å². The van der Waals surface area contributed by atoms with E-state index >= 15 is 0 Å². The van der Waals surface area contributed by atoms with E-state index in [4.69, 9.17) is 4.74 Å². The van der Waals surface area contributed by atoms with Crippen LogP contribution >= 0.6 is 11.8 Å². The molecule has 4 fully saturated rings. The first-order chi connectivity index (χ1) is 24.1. The van der Waals surface area contributed by atoms with Gasteiger partial charge in [0.1, 0.15) is 6.61 Å². The number of hydrogen-bond acceptors (Lipinski definition) is 12. The largest absolute Gasteiger partial charge is 0.480 e. The van der Waals surface area contributed by atoms with Gasteiger partial charge in [-0.2, -0.15) is 11.8 Å². The van der Waals surface area contributed by atoms with Gasteiger partial charge in [-0.15, -0.1) is 0 Å². The lowest BCUT2D eigenvalue weighted by molar-refractivity contribution is -0.141. The van der Waals surface area contributed by atoms with Crippen molar-refractivity contribution in [3.05, 3.63) is 0 Å². The van der Waals surface area contributed by atoms with Crippen LogP contribution in [0.2, 0.25) is 0 Å². The Hall–Kier alpha value is -2.25. The topological polar surface area (TPSA) is 207 Å². The second kappa shape index (κ2) is 21.3. The number of urea groups is 1. The molecule has 3 heterocycles. The van der Waals surface area contributed by atoms with E-state index < -0.39 is 11.9 Å². The van der Waals surface area contributed by atoms with Crippen LogP contribution in [0.25, 0.3) is 0 Å². The van der Waals surface area contributed by atoms with Crippen LogP contribution in [0, 0.1) is 5.92 Å². The van der Waals surface area contributed by atoms with Gasteiger partial charge in [0.25, 0.3) is 0 Å². The van der Waals surface area contributed by atoms with E-state index in [1.807, 2.05) is 31.4 Å². The van der Waals surface area contributed by atoms with Gasteiger partial charge in [0, 0.05) is 75.5 Å². The molecule has 50 heavy (non-hydrogen) atoms. The third kappa shape index (κ3) is 13.7. The molecule has 4 aliphatic rings. The minimum atomic E-state index is -0.960. The first kappa shape index (κ1) is 40.5. The molecule has 286 valence electrons. The predicted octanol–water partition coefficient (Wildman–Crippen LogP) is -0.547. The van der Waals surface area contributed by atoms with Gasteiger partial charge in [-0.3, -0.25) is 34.0 Å². The number of carbonyl (C=O) groups excluding carboxylic acids is 2. The van der Waals surface area contributed by atoms with E-state index in [0.29, 0.717) is 64.1 Å². The highest BCUT2D eigenvalue weighted by Gasteiger charge is 2.42. The molecule has 0 spiro atoms. The molecule has 3 saturated heterocycles. The van der Waals surface area contributed by atoms with E-state index in [-0.39, 0.29) is 75.2 Å². The maximum atomic E-state index is 12.6. The van der Waals surface area contributed by atoms with Crippen molar-refractivity contribution in [2.24, 2.45) is 5.92 Å². The van der Waals surface area contributed by atoms with Crippen LogP contribution in [0.3, 0.4) is 0 Å². The fraction of sp³-hybridized carbons (Fsp3) is 0.879. The summed E-state index contributed by atoms with van der Waals surface area (Å²) in [5.74, 6) is -0.782. The van der Waals surface area contributed by atoms with Gasteiger partial charge < -0.3 is 41.1 Å². The van der Waals surface area contributed by atoms with Crippen LogP contribution in [-0.2, 0) is 19.1 Å². The molecule has 0 aromatic rings. The van der Waals surface area contributed by atoms with Crippen LogP contribution < -0.4 is 16.0 Å². The number of carbonyl (C=O) groups is 4. The second-order valence-electron chi connectivity index (χ2n) is 14.2. The van der Waals surface area contributed by atoms with Crippen molar-refractivity contribution in [3.63, 3.8) is 0 Å². The summed E-state index contributed by atoms with van der Waals surface area (Å²) in [4.78, 5) is 55.2. The number of rotatable bonds is 17. The van der Waals surface area contributed by atoms with Gasteiger partial charge in [0.15, 0.2) is 0 Å². The van der Waals surface area contributed by atoms with Gasteiger partial charge in [0.05, 0.1) is 38.6 Å². The van der Waals surface area contributed by atoms with Gasteiger partial charge in [-0.05, 0) is 50.9 Å². The number of nitrogens with zero attached hydrogens (tertiary/aromatic N) is 4. The Morgan fingerprint density at radius 3 is 2.16 bits per heavy atom. The Balaban J connectivity index is 1.19. The third-order valence-electron chi connectivity index (χ3n) is 10.5. The fourth-order valence-corrected chi connectivity index (χ4v) is 9.24. The Labute approximate surface area is 299 Å². The standard InChI is InChI=1S/C33H59N7O9S/c41-22-37-9-10-38(23-42)13-14-40(19-31(46)47)26(17-39(12-11-37)18-30(44)45)16-24-5-7-25(8-6-24)34-29(43)20-49-15-3-1-2-4-28-32-27(21-50-28)35-33(48)36-32/h24-28,32,41-42H,1-23H2,(H,34,43)(H,44,45)(H,46,47)(H2,35,36,48). The van der Waals surface area contributed by atoms with E-state index in [9.17, 15) is 39.6 Å². The number of fused-ring (bicyclic) bond motifs is 1. The number of amides is 3. The lowest BCUT2D eigenvalue weighted by atomic mass is 9.82. The molecule has 0 aromatic heterocycles. The first-order valence-electron chi connectivity index (χ1n) is 18.3. The van der Waals surface area contributed by atoms with Crippen molar-refractivity contribution in [2.75, 3.05) is 91.3 Å². The zero-order valence-corrected chi connectivity index (χ0v) is 30.1. The minimum Gasteiger partial charge on any atom is -0.480 e. The van der Waals surface area contributed by atoms with Crippen LogP contribution in [0.1, 0.15) is 57.8 Å². The minimum absolute atomic E-state index is 0.0318. The van der Waals surface area contributed by atoms with E-state index in [2.05, 4.69) is 16.0 Å². The summed E-state index contributed by atoms with van der Waals surface area (Å²) in [6, 6.07) is 0.253. The van der Waals surface area contributed by atoms with Crippen LogP contribution in [0.4, 0.5) is 4.79 Å². The SMILES string of the molecule is O=C(O)CN1CCN(CO)CCN(CO)CCN(CC(=O)O)C(CC2CCC(NC(=O)COCCCCCC3SCC4NC(=O)NC43)CC2)C1. The molecule has 3 aliphatic heterocycles. The van der Waals surface area contributed by atoms with Crippen LogP contribution in [-0.4, -0.2) is 185 Å². The number of aliphatic hydroxyl groups excluding tert-OH is 2. The number of carboxylic acids is 2. The van der Waals surface area contributed by atoms with E-state index in [1.165, 1.54) is 0 Å². The summed E-state index contributed by atoms with van der Waals surface area (Å²) in [7, 11) is 0. The van der Waals surface area contributed by atoms with Crippen molar-refractivity contribution in [1.82, 2.24) is 35.6 Å². The number of carboxylic acid groups (broad SMARTS) is 2. The Bertz CT molecular complexity index is 1090. The van der Waals surface area contributed by atoms with E-state index in [1.54, 1.807) is 0 Å². The summed E-state index contributed by atoms with van der Waals surface area (Å²) < 4.78 is 5.66. The molecule has 4 atom stereocenters. The summed E-state index contributed by atoms with van der Waals surface area (Å²) >= 11 is 1.92. The quantitative estimate of drug-likeness (QED) is 0.0742. The highest BCUT2D eigenvalue weighted by Crippen LogP contribution is 2.33. The highest BCUT2D eigenvalue weighted by atomic mass is 32.2. The van der Waals surface area contributed by atoms with E-state index in [0.717, 1.165) is 57.1 Å². The molecular formula is C33H59N7O9S. The van der Waals surface area contributed by atoms with Crippen molar-refractivity contribution in [2.45, 2.75) is 87.2 Å². The molecule has 3 amide bonds. The molecule has 1 saturated carbocycles. The Kier molecular flexibility index (Phi) is 17.3. The predicted molar refractivity (Wildman–Crippen MR) is 188 cm³/mol. The zero-order chi connectivity index (χ0) is 35.9. The second-order valence-corrected chi connectivity index (χ2v) is 15.5. The monoisotopic (exact) mass is 729 g/mol.